The van der Waals surface area contributed by atoms with Crippen molar-refractivity contribution in [3.63, 3.8) is 0 Å². The monoisotopic (exact) mass is 445 g/mol. The van der Waals surface area contributed by atoms with Gasteiger partial charge in [0.2, 0.25) is 0 Å². The Morgan fingerprint density at radius 3 is 2.28 bits per heavy atom. The largest absolute Gasteiger partial charge is 0.497 e. The van der Waals surface area contributed by atoms with E-state index in [0.29, 0.717) is 26.4 Å². The van der Waals surface area contributed by atoms with Crippen molar-refractivity contribution in [2.75, 3.05) is 34.0 Å². The molecule has 1 aliphatic heterocycles. The van der Waals surface area contributed by atoms with Crippen LogP contribution in [0.4, 0.5) is 0 Å². The van der Waals surface area contributed by atoms with Gasteiger partial charge in [0.1, 0.15) is 24.1 Å². The lowest BCUT2D eigenvalue weighted by atomic mass is 9.97. The van der Waals surface area contributed by atoms with Gasteiger partial charge in [-0.1, -0.05) is 42.5 Å². The van der Waals surface area contributed by atoms with Crippen molar-refractivity contribution in [2.24, 2.45) is 5.73 Å². The molecule has 3 rings (SSSR count). The molecule has 5 unspecified atom stereocenters. The lowest BCUT2D eigenvalue weighted by Crippen LogP contribution is -2.64. The van der Waals surface area contributed by atoms with Gasteiger partial charge < -0.3 is 34.2 Å². The minimum atomic E-state index is -0.601. The first-order valence-corrected chi connectivity index (χ1v) is 11.1. The molecule has 0 amide bonds. The van der Waals surface area contributed by atoms with Crippen LogP contribution in [0.1, 0.15) is 18.1 Å². The maximum atomic E-state index is 6.53. The summed E-state index contributed by atoms with van der Waals surface area (Å²) in [7, 11) is 3.28. The summed E-state index contributed by atoms with van der Waals surface area (Å²) in [6.07, 6.45) is -0.957. The fourth-order valence-corrected chi connectivity index (χ4v) is 3.83. The predicted molar refractivity (Wildman–Crippen MR) is 122 cm³/mol. The molecule has 0 spiro atoms. The quantitative estimate of drug-likeness (QED) is 0.538. The molecule has 1 aliphatic rings. The molecule has 2 N–H and O–H groups in total. The van der Waals surface area contributed by atoms with Crippen molar-refractivity contribution in [3.8, 4) is 5.75 Å². The van der Waals surface area contributed by atoms with Crippen LogP contribution in [0.2, 0.25) is 0 Å². The second-order valence-electron chi connectivity index (χ2n) is 7.73. The van der Waals surface area contributed by atoms with Crippen LogP contribution in [-0.2, 0) is 36.7 Å². The Balaban J connectivity index is 1.64. The van der Waals surface area contributed by atoms with Gasteiger partial charge in [0, 0.05) is 13.7 Å². The normalized spacial score (nSPS) is 25.6. The highest BCUT2D eigenvalue weighted by Gasteiger charge is 2.46. The van der Waals surface area contributed by atoms with E-state index in [9.17, 15) is 0 Å². The second-order valence-corrected chi connectivity index (χ2v) is 7.73. The van der Waals surface area contributed by atoms with Gasteiger partial charge in [-0.15, -0.1) is 0 Å². The molecule has 32 heavy (non-hydrogen) atoms. The fraction of sp³-hybridized carbons (Fsp3) is 0.520. The first kappa shape index (κ1) is 24.6. The van der Waals surface area contributed by atoms with Crippen LogP contribution in [0.3, 0.4) is 0 Å². The smallest absolute Gasteiger partial charge is 0.175 e. The van der Waals surface area contributed by atoms with Gasteiger partial charge in [-0.3, -0.25) is 0 Å². The molecule has 2 aromatic carbocycles. The van der Waals surface area contributed by atoms with Crippen molar-refractivity contribution in [1.29, 1.82) is 0 Å². The highest BCUT2D eigenvalue weighted by Crippen LogP contribution is 2.27. The Kier molecular flexibility index (Phi) is 9.92. The van der Waals surface area contributed by atoms with E-state index in [1.807, 2.05) is 49.4 Å². The molecule has 0 saturated carbocycles. The average molecular weight is 446 g/mol. The highest BCUT2D eigenvalue weighted by molar-refractivity contribution is 5.26. The summed E-state index contributed by atoms with van der Waals surface area (Å²) in [6, 6.07) is 17.5. The van der Waals surface area contributed by atoms with Gasteiger partial charge in [0.05, 0.1) is 33.0 Å². The van der Waals surface area contributed by atoms with Crippen molar-refractivity contribution in [3.05, 3.63) is 65.7 Å². The molecule has 0 aromatic heterocycles. The molecule has 7 nitrogen and oxygen atoms in total. The molecular formula is C25H35NO6. The zero-order chi connectivity index (χ0) is 22.8. The minimum Gasteiger partial charge on any atom is -0.497 e. The lowest BCUT2D eigenvalue weighted by molar-refractivity contribution is -0.282. The Morgan fingerprint density at radius 1 is 0.875 bits per heavy atom. The number of hydrogen-bond donors (Lipinski definition) is 1. The van der Waals surface area contributed by atoms with E-state index < -0.39 is 12.3 Å². The predicted octanol–water partition coefficient (Wildman–Crippen LogP) is 2.94. The van der Waals surface area contributed by atoms with E-state index >= 15 is 0 Å². The number of hydrogen-bond acceptors (Lipinski definition) is 7. The van der Waals surface area contributed by atoms with E-state index in [0.717, 1.165) is 17.7 Å². The Morgan fingerprint density at radius 2 is 1.62 bits per heavy atom. The molecule has 1 fully saturated rings. The molecule has 176 valence electrons. The number of benzene rings is 2. The molecule has 1 heterocycles. The van der Waals surface area contributed by atoms with Crippen molar-refractivity contribution in [2.45, 2.75) is 50.6 Å². The van der Waals surface area contributed by atoms with Gasteiger partial charge in [0.15, 0.2) is 6.29 Å². The van der Waals surface area contributed by atoms with Gasteiger partial charge in [-0.05, 0) is 36.6 Å². The fourth-order valence-electron chi connectivity index (χ4n) is 3.83. The third-order valence-electron chi connectivity index (χ3n) is 5.50. The van der Waals surface area contributed by atoms with Gasteiger partial charge >= 0.3 is 0 Å². The zero-order valence-electron chi connectivity index (χ0n) is 19.1. The number of nitrogens with two attached hydrogens (primary N) is 1. The molecular weight excluding hydrogens is 410 g/mol. The Bertz CT molecular complexity index is 772. The summed E-state index contributed by atoms with van der Waals surface area (Å²) in [5.74, 6) is 0.803. The van der Waals surface area contributed by atoms with Crippen LogP contribution < -0.4 is 10.5 Å². The van der Waals surface area contributed by atoms with Crippen LogP contribution in [0, 0.1) is 0 Å². The van der Waals surface area contributed by atoms with Crippen molar-refractivity contribution >= 4 is 0 Å². The molecule has 2 aromatic rings. The SMILES string of the molecule is CCOC1C(N)C(OCCc2ccccc2)OC(COC)C1OCc1ccc(OC)cc1. The van der Waals surface area contributed by atoms with Gasteiger partial charge in [-0.25, -0.2) is 0 Å². The summed E-state index contributed by atoms with van der Waals surface area (Å²) >= 11 is 0. The molecule has 0 aliphatic carbocycles. The van der Waals surface area contributed by atoms with Crippen molar-refractivity contribution in [1.82, 2.24) is 0 Å². The van der Waals surface area contributed by atoms with Crippen LogP contribution in [0.5, 0.6) is 5.75 Å². The minimum absolute atomic E-state index is 0.349. The first-order valence-electron chi connectivity index (χ1n) is 11.1. The average Bonchev–Trinajstić information content (AvgIpc) is 2.82. The summed E-state index contributed by atoms with van der Waals surface area (Å²) in [5.41, 5.74) is 8.75. The van der Waals surface area contributed by atoms with E-state index in [2.05, 4.69) is 12.1 Å². The second kappa shape index (κ2) is 12.9. The van der Waals surface area contributed by atoms with Crippen molar-refractivity contribution < 1.29 is 28.4 Å². The standard InChI is InChI=1S/C25H35NO6/c1-4-29-24-22(26)25(30-15-14-18-8-6-5-7-9-18)32-21(17-27-2)23(24)31-16-19-10-12-20(28-3)13-11-19/h5-13,21-25H,4,14-17,26H2,1-3H3. The summed E-state index contributed by atoms with van der Waals surface area (Å²) in [5, 5.41) is 0. The molecule has 0 radical (unpaired) electrons. The maximum absolute atomic E-state index is 6.53. The van der Waals surface area contributed by atoms with Crippen LogP contribution in [0.25, 0.3) is 0 Å². The summed E-state index contributed by atoms with van der Waals surface area (Å²) in [4.78, 5) is 0. The highest BCUT2D eigenvalue weighted by atomic mass is 16.7. The summed E-state index contributed by atoms with van der Waals surface area (Å²) in [6.45, 7) is 3.70. The van der Waals surface area contributed by atoms with Gasteiger partial charge in [-0.2, -0.15) is 0 Å². The number of rotatable bonds is 12. The lowest BCUT2D eigenvalue weighted by Gasteiger charge is -2.44. The zero-order valence-corrected chi connectivity index (χ0v) is 19.1. The van der Waals surface area contributed by atoms with E-state index in [1.54, 1.807) is 14.2 Å². The third kappa shape index (κ3) is 6.75. The summed E-state index contributed by atoms with van der Waals surface area (Å²) < 4.78 is 35.1. The molecule has 5 atom stereocenters. The molecule has 7 heteroatoms. The topological polar surface area (TPSA) is 81.4 Å². The maximum Gasteiger partial charge on any atom is 0.175 e. The first-order chi connectivity index (χ1) is 15.7. The van der Waals surface area contributed by atoms with E-state index in [-0.39, 0.29) is 18.3 Å². The van der Waals surface area contributed by atoms with Gasteiger partial charge in [0.25, 0.3) is 0 Å². The van der Waals surface area contributed by atoms with Crippen LogP contribution >= 0.6 is 0 Å². The number of ether oxygens (including phenoxy) is 6. The van der Waals surface area contributed by atoms with Crippen LogP contribution in [0.15, 0.2) is 54.6 Å². The number of methoxy groups -OCH3 is 2. The molecule has 1 saturated heterocycles. The van der Waals surface area contributed by atoms with E-state index in [1.165, 1.54) is 5.56 Å². The molecule has 0 bridgehead atoms. The van der Waals surface area contributed by atoms with Crippen LogP contribution in [-0.4, -0.2) is 64.7 Å². The van der Waals surface area contributed by atoms with E-state index in [4.69, 9.17) is 34.2 Å². The Labute approximate surface area is 190 Å². The Hall–Kier alpha value is -2.00. The third-order valence-corrected chi connectivity index (χ3v) is 5.50.